The van der Waals surface area contributed by atoms with Crippen molar-refractivity contribution in [1.29, 1.82) is 0 Å². The van der Waals surface area contributed by atoms with Gasteiger partial charge in [-0.15, -0.1) is 11.8 Å². The number of methoxy groups -OCH3 is 1. The number of thioether (sulfide) groups is 1. The van der Waals surface area contributed by atoms with Gasteiger partial charge in [0.15, 0.2) is 0 Å². The number of nitrogens with zero attached hydrogens (tertiary/aromatic N) is 1. The molecule has 3 rings (SSSR count). The van der Waals surface area contributed by atoms with Crippen LogP contribution in [0, 0.1) is 0 Å². The van der Waals surface area contributed by atoms with E-state index in [0.717, 1.165) is 23.7 Å². The lowest BCUT2D eigenvalue weighted by molar-refractivity contribution is -0.115. The van der Waals surface area contributed by atoms with Gasteiger partial charge in [-0.05, 0) is 36.4 Å². The van der Waals surface area contributed by atoms with Crippen LogP contribution in [-0.4, -0.2) is 31.4 Å². The normalized spacial score (nSPS) is 16.6. The van der Waals surface area contributed by atoms with Gasteiger partial charge in [0.25, 0.3) is 0 Å². The molecule has 2 aromatic carbocycles. The van der Waals surface area contributed by atoms with E-state index in [0.29, 0.717) is 11.8 Å². The summed E-state index contributed by atoms with van der Waals surface area (Å²) in [5, 5.41) is 3.41. The number of anilines is 2. The Hall–Kier alpha value is -2.14. The fraction of sp³-hybridized carbons (Fsp3) is 0.278. The van der Waals surface area contributed by atoms with Gasteiger partial charge in [0, 0.05) is 22.4 Å². The van der Waals surface area contributed by atoms with Crippen LogP contribution < -0.4 is 15.0 Å². The van der Waals surface area contributed by atoms with E-state index in [1.54, 1.807) is 7.11 Å². The first-order valence-corrected chi connectivity index (χ1v) is 8.48. The average Bonchev–Trinajstić information content (AvgIpc) is 2.55. The maximum atomic E-state index is 12.4. The number of nitrogens with one attached hydrogen (secondary N) is 1. The number of hydrogen-bond donors (Lipinski definition) is 1. The van der Waals surface area contributed by atoms with Gasteiger partial charge < -0.3 is 15.0 Å². The molecule has 0 fully saturated rings. The Balaban J connectivity index is 1.67. The van der Waals surface area contributed by atoms with Gasteiger partial charge in [-0.3, -0.25) is 4.79 Å². The zero-order chi connectivity index (χ0) is 16.2. The highest BCUT2D eigenvalue weighted by atomic mass is 32.2. The molecular formula is C18H20N2O2S. The Morgan fingerprint density at radius 1 is 1.26 bits per heavy atom. The standard InChI is InChI=1S/C18H20N2O2S/c1-13-11-20(16-5-3-4-6-17(16)23-13)12-18(21)19-14-7-9-15(22-2)10-8-14/h3-10,13H,11-12H2,1-2H3,(H,19,21)/t13-/m1/s1. The number of benzene rings is 2. The Kier molecular flexibility index (Phi) is 4.76. The molecule has 1 N–H and O–H groups in total. The lowest BCUT2D eigenvalue weighted by Gasteiger charge is -2.33. The van der Waals surface area contributed by atoms with Crippen LogP contribution in [0.25, 0.3) is 0 Å². The predicted molar refractivity (Wildman–Crippen MR) is 95.6 cm³/mol. The molecule has 1 heterocycles. The largest absolute Gasteiger partial charge is 0.497 e. The fourth-order valence-corrected chi connectivity index (χ4v) is 3.84. The molecule has 0 aromatic heterocycles. The van der Waals surface area contributed by atoms with E-state index in [1.165, 1.54) is 4.90 Å². The molecule has 0 spiro atoms. The number of carbonyl (C=O) groups excluding carboxylic acids is 1. The quantitative estimate of drug-likeness (QED) is 0.930. The van der Waals surface area contributed by atoms with Gasteiger partial charge in [0.2, 0.25) is 5.91 Å². The molecule has 5 heteroatoms. The highest BCUT2D eigenvalue weighted by molar-refractivity contribution is 8.00. The summed E-state index contributed by atoms with van der Waals surface area (Å²) in [6, 6.07) is 15.6. The number of hydrogen-bond acceptors (Lipinski definition) is 4. The third-order valence-corrected chi connectivity index (χ3v) is 4.87. The predicted octanol–water partition coefficient (Wildman–Crippen LogP) is 3.63. The summed E-state index contributed by atoms with van der Waals surface area (Å²) < 4.78 is 5.12. The van der Waals surface area contributed by atoms with Crippen molar-refractivity contribution in [2.24, 2.45) is 0 Å². The van der Waals surface area contributed by atoms with Crippen molar-refractivity contribution in [1.82, 2.24) is 0 Å². The van der Waals surface area contributed by atoms with Gasteiger partial charge in [-0.1, -0.05) is 19.1 Å². The SMILES string of the molecule is COc1ccc(NC(=O)CN2C[C@@H](C)Sc3ccccc32)cc1. The fourth-order valence-electron chi connectivity index (χ4n) is 2.68. The first kappa shape index (κ1) is 15.7. The molecule has 1 aliphatic heterocycles. The van der Waals surface area contributed by atoms with Gasteiger partial charge in [-0.25, -0.2) is 0 Å². The molecule has 0 radical (unpaired) electrons. The van der Waals surface area contributed by atoms with Gasteiger partial charge in [0.05, 0.1) is 19.3 Å². The van der Waals surface area contributed by atoms with Gasteiger partial charge >= 0.3 is 0 Å². The number of rotatable bonds is 4. The Morgan fingerprint density at radius 2 is 2.00 bits per heavy atom. The minimum Gasteiger partial charge on any atom is -0.497 e. The molecule has 0 saturated carbocycles. The summed E-state index contributed by atoms with van der Waals surface area (Å²) >= 11 is 1.86. The second kappa shape index (κ2) is 6.96. The second-order valence-electron chi connectivity index (χ2n) is 5.55. The molecule has 0 saturated heterocycles. The summed E-state index contributed by atoms with van der Waals surface area (Å²) in [4.78, 5) is 15.7. The van der Waals surface area contributed by atoms with Crippen LogP contribution >= 0.6 is 11.8 Å². The topological polar surface area (TPSA) is 41.6 Å². The summed E-state index contributed by atoms with van der Waals surface area (Å²) in [7, 11) is 1.63. The zero-order valence-electron chi connectivity index (χ0n) is 13.3. The summed E-state index contributed by atoms with van der Waals surface area (Å²) in [5.41, 5.74) is 1.92. The number of amides is 1. The maximum absolute atomic E-state index is 12.4. The Morgan fingerprint density at radius 3 is 2.74 bits per heavy atom. The van der Waals surface area contributed by atoms with E-state index in [2.05, 4.69) is 29.3 Å². The molecule has 1 aliphatic rings. The van der Waals surface area contributed by atoms with Crippen molar-refractivity contribution < 1.29 is 9.53 Å². The molecule has 120 valence electrons. The summed E-state index contributed by atoms with van der Waals surface area (Å²) in [6.45, 7) is 3.42. The van der Waals surface area contributed by atoms with Gasteiger partial charge in [-0.2, -0.15) is 0 Å². The number of carbonyl (C=O) groups is 1. The lowest BCUT2D eigenvalue weighted by atomic mass is 10.2. The van der Waals surface area contributed by atoms with Crippen molar-refractivity contribution in [3.63, 3.8) is 0 Å². The van der Waals surface area contributed by atoms with Crippen molar-refractivity contribution >= 4 is 29.0 Å². The number of para-hydroxylation sites is 1. The molecule has 0 aliphatic carbocycles. The zero-order valence-corrected chi connectivity index (χ0v) is 14.1. The Labute approximate surface area is 140 Å². The molecular weight excluding hydrogens is 308 g/mol. The first-order valence-electron chi connectivity index (χ1n) is 7.60. The smallest absolute Gasteiger partial charge is 0.243 e. The van der Waals surface area contributed by atoms with Crippen LogP contribution in [0.3, 0.4) is 0 Å². The third-order valence-electron chi connectivity index (χ3n) is 3.72. The summed E-state index contributed by atoms with van der Waals surface area (Å²) in [5.74, 6) is 0.767. The van der Waals surface area contributed by atoms with Crippen LogP contribution in [0.4, 0.5) is 11.4 Å². The van der Waals surface area contributed by atoms with Crippen molar-refractivity contribution in [2.45, 2.75) is 17.1 Å². The molecule has 23 heavy (non-hydrogen) atoms. The highest BCUT2D eigenvalue weighted by Crippen LogP contribution is 2.37. The molecule has 1 amide bonds. The third kappa shape index (κ3) is 3.79. The Bertz CT molecular complexity index is 688. The van der Waals surface area contributed by atoms with Crippen LogP contribution in [0.2, 0.25) is 0 Å². The lowest BCUT2D eigenvalue weighted by Crippen LogP contribution is -2.39. The molecule has 2 aromatic rings. The average molecular weight is 328 g/mol. The molecule has 1 atom stereocenters. The van der Waals surface area contributed by atoms with Crippen molar-refractivity contribution in [2.75, 3.05) is 30.4 Å². The van der Waals surface area contributed by atoms with Crippen molar-refractivity contribution in [3.05, 3.63) is 48.5 Å². The van der Waals surface area contributed by atoms with E-state index in [1.807, 2.05) is 48.2 Å². The van der Waals surface area contributed by atoms with E-state index < -0.39 is 0 Å². The van der Waals surface area contributed by atoms with E-state index in [-0.39, 0.29) is 5.91 Å². The van der Waals surface area contributed by atoms with Crippen LogP contribution in [0.15, 0.2) is 53.4 Å². The minimum absolute atomic E-state index is 0.0101. The first-order chi connectivity index (χ1) is 11.2. The number of ether oxygens (including phenoxy) is 1. The van der Waals surface area contributed by atoms with E-state index in [4.69, 9.17) is 4.74 Å². The van der Waals surface area contributed by atoms with Crippen LogP contribution in [0.5, 0.6) is 5.75 Å². The molecule has 0 bridgehead atoms. The monoisotopic (exact) mass is 328 g/mol. The number of fused-ring (bicyclic) bond motifs is 1. The minimum atomic E-state index is -0.0101. The van der Waals surface area contributed by atoms with E-state index >= 15 is 0 Å². The molecule has 4 nitrogen and oxygen atoms in total. The van der Waals surface area contributed by atoms with Crippen molar-refractivity contribution in [3.8, 4) is 5.75 Å². The van der Waals surface area contributed by atoms with Crippen LogP contribution in [0.1, 0.15) is 6.92 Å². The highest BCUT2D eigenvalue weighted by Gasteiger charge is 2.23. The molecule has 0 unspecified atom stereocenters. The van der Waals surface area contributed by atoms with Gasteiger partial charge in [0.1, 0.15) is 5.75 Å². The summed E-state index contributed by atoms with van der Waals surface area (Å²) in [6.07, 6.45) is 0. The van der Waals surface area contributed by atoms with Crippen LogP contribution in [-0.2, 0) is 4.79 Å². The maximum Gasteiger partial charge on any atom is 0.243 e. The second-order valence-corrected chi connectivity index (χ2v) is 7.03. The van der Waals surface area contributed by atoms with E-state index in [9.17, 15) is 4.79 Å².